The molecule has 0 saturated heterocycles. The van der Waals surface area contributed by atoms with Gasteiger partial charge in [0.05, 0.1) is 18.7 Å². The van der Waals surface area contributed by atoms with Crippen molar-refractivity contribution in [2.24, 2.45) is 7.05 Å². The van der Waals surface area contributed by atoms with Crippen molar-refractivity contribution in [2.75, 3.05) is 0 Å². The molecule has 25 heavy (non-hydrogen) atoms. The molecule has 136 valence electrons. The van der Waals surface area contributed by atoms with E-state index in [1.54, 1.807) is 24.7 Å². The van der Waals surface area contributed by atoms with Crippen LogP contribution < -0.4 is 10.0 Å². The average molecular weight is 384 g/mol. The van der Waals surface area contributed by atoms with Gasteiger partial charge in [-0.2, -0.15) is 5.10 Å². The number of sulfonamides is 1. The SMILES string of the molecule is CC(=O)NCc1ccc(S(=O)(=O)NC(=O)Cc2c(C)nn(C)c2C)s1. The Hall–Kier alpha value is -2.20. The van der Waals surface area contributed by atoms with Crippen molar-refractivity contribution in [3.8, 4) is 0 Å². The molecule has 0 radical (unpaired) electrons. The van der Waals surface area contributed by atoms with Gasteiger partial charge in [-0.3, -0.25) is 14.3 Å². The summed E-state index contributed by atoms with van der Waals surface area (Å²) in [6, 6.07) is 3.02. The first-order valence-corrected chi connectivity index (χ1v) is 9.78. The third-order valence-corrected chi connectivity index (χ3v) is 6.61. The van der Waals surface area contributed by atoms with Crippen LogP contribution in [0.25, 0.3) is 0 Å². The molecule has 2 aromatic rings. The number of hydrogen-bond donors (Lipinski definition) is 2. The van der Waals surface area contributed by atoms with Crippen molar-refractivity contribution in [1.29, 1.82) is 0 Å². The summed E-state index contributed by atoms with van der Waals surface area (Å²) in [6.07, 6.45) is -0.0607. The molecule has 0 aromatic carbocycles. The minimum Gasteiger partial charge on any atom is -0.351 e. The Kier molecular flexibility index (Phi) is 5.63. The largest absolute Gasteiger partial charge is 0.351 e. The average Bonchev–Trinajstić information content (AvgIpc) is 3.06. The van der Waals surface area contributed by atoms with Crippen LogP contribution in [0.1, 0.15) is 28.8 Å². The molecule has 0 spiro atoms. The standard InChI is InChI=1S/C15H20N4O4S2/c1-9-13(10(2)19(4)17-9)7-14(21)18-25(22,23)15-6-5-12(24-15)8-16-11(3)20/h5-6H,7-8H2,1-4H3,(H,16,20)(H,18,21). The number of thiophene rings is 1. The second kappa shape index (κ2) is 7.36. The second-order valence-electron chi connectivity index (χ2n) is 5.61. The smallest absolute Gasteiger partial charge is 0.273 e. The number of nitrogens with zero attached hydrogens (tertiary/aromatic N) is 2. The van der Waals surface area contributed by atoms with Crippen LogP contribution in [0, 0.1) is 13.8 Å². The van der Waals surface area contributed by atoms with E-state index in [0.717, 1.165) is 17.0 Å². The lowest BCUT2D eigenvalue weighted by Gasteiger charge is -2.06. The summed E-state index contributed by atoms with van der Waals surface area (Å²) in [7, 11) is -2.17. The molecule has 0 saturated carbocycles. The summed E-state index contributed by atoms with van der Waals surface area (Å²) in [6.45, 7) is 5.23. The van der Waals surface area contributed by atoms with Gasteiger partial charge in [0.15, 0.2) is 0 Å². The van der Waals surface area contributed by atoms with Gasteiger partial charge in [-0.1, -0.05) is 0 Å². The van der Waals surface area contributed by atoms with Crippen molar-refractivity contribution in [3.05, 3.63) is 34.0 Å². The Bertz CT molecular complexity index is 912. The van der Waals surface area contributed by atoms with Crippen molar-refractivity contribution >= 4 is 33.2 Å². The first-order valence-electron chi connectivity index (χ1n) is 7.48. The number of carbonyl (C=O) groups is 2. The first kappa shape index (κ1) is 19.1. The quantitative estimate of drug-likeness (QED) is 0.765. The predicted molar refractivity (Wildman–Crippen MR) is 93.6 cm³/mol. The minimum absolute atomic E-state index is 0.0285. The number of nitrogens with one attached hydrogen (secondary N) is 2. The molecule has 2 amide bonds. The Morgan fingerprint density at radius 1 is 1.28 bits per heavy atom. The van der Waals surface area contributed by atoms with Gasteiger partial charge in [0.1, 0.15) is 4.21 Å². The molecule has 2 rings (SSSR count). The molecule has 0 bridgehead atoms. The van der Waals surface area contributed by atoms with Crippen molar-refractivity contribution in [1.82, 2.24) is 19.8 Å². The van der Waals surface area contributed by atoms with Crippen LogP contribution in [0.2, 0.25) is 0 Å². The molecule has 10 heteroatoms. The van der Waals surface area contributed by atoms with E-state index >= 15 is 0 Å². The van der Waals surface area contributed by atoms with Gasteiger partial charge in [0, 0.05) is 30.1 Å². The van der Waals surface area contributed by atoms with E-state index in [4.69, 9.17) is 0 Å². The maximum absolute atomic E-state index is 12.3. The summed E-state index contributed by atoms with van der Waals surface area (Å²) in [4.78, 5) is 23.7. The molecular weight excluding hydrogens is 364 g/mol. The van der Waals surface area contributed by atoms with Gasteiger partial charge < -0.3 is 5.32 Å². The summed E-state index contributed by atoms with van der Waals surface area (Å²) >= 11 is 1.01. The normalized spacial score (nSPS) is 11.4. The zero-order chi connectivity index (χ0) is 18.8. The summed E-state index contributed by atoms with van der Waals surface area (Å²) in [5, 5.41) is 6.81. The molecule has 0 aliphatic rings. The Labute approximate surface area is 150 Å². The molecule has 8 nitrogen and oxygen atoms in total. The predicted octanol–water partition coefficient (Wildman–Crippen LogP) is 0.782. The molecule has 0 unspecified atom stereocenters. The fraction of sp³-hybridized carbons (Fsp3) is 0.400. The Morgan fingerprint density at radius 3 is 2.52 bits per heavy atom. The van der Waals surface area contributed by atoms with Gasteiger partial charge in [-0.15, -0.1) is 11.3 Å². The lowest BCUT2D eigenvalue weighted by molar-refractivity contribution is -0.119. The first-order chi connectivity index (χ1) is 11.6. The lowest BCUT2D eigenvalue weighted by atomic mass is 10.1. The van der Waals surface area contributed by atoms with Crippen LogP contribution in [-0.2, 0) is 39.6 Å². The van der Waals surface area contributed by atoms with E-state index in [9.17, 15) is 18.0 Å². The molecule has 0 fully saturated rings. The van der Waals surface area contributed by atoms with Gasteiger partial charge in [0.2, 0.25) is 11.8 Å². The van der Waals surface area contributed by atoms with Crippen molar-refractivity contribution in [3.63, 3.8) is 0 Å². The molecular formula is C15H20N4O4S2. The van der Waals surface area contributed by atoms with Gasteiger partial charge >= 0.3 is 0 Å². The van der Waals surface area contributed by atoms with Crippen LogP contribution in [-0.4, -0.2) is 30.0 Å². The van der Waals surface area contributed by atoms with E-state index in [1.807, 2.05) is 6.92 Å². The highest BCUT2D eigenvalue weighted by Gasteiger charge is 2.22. The highest BCUT2D eigenvalue weighted by atomic mass is 32.2. The zero-order valence-electron chi connectivity index (χ0n) is 14.4. The van der Waals surface area contributed by atoms with Crippen LogP contribution in [0.4, 0.5) is 0 Å². The third kappa shape index (κ3) is 4.67. The summed E-state index contributed by atoms with van der Waals surface area (Å²) in [5.41, 5.74) is 2.23. The number of aryl methyl sites for hydroxylation is 2. The number of aromatic nitrogens is 2. The van der Waals surface area contributed by atoms with E-state index < -0.39 is 15.9 Å². The maximum atomic E-state index is 12.3. The van der Waals surface area contributed by atoms with Crippen molar-refractivity contribution in [2.45, 2.75) is 37.9 Å². The fourth-order valence-electron chi connectivity index (χ4n) is 2.28. The number of rotatable bonds is 6. The molecule has 2 N–H and O–H groups in total. The molecule has 2 aromatic heterocycles. The van der Waals surface area contributed by atoms with Crippen molar-refractivity contribution < 1.29 is 18.0 Å². The highest BCUT2D eigenvalue weighted by Crippen LogP contribution is 2.21. The topological polar surface area (TPSA) is 110 Å². The second-order valence-corrected chi connectivity index (χ2v) is 8.69. The van der Waals surface area contributed by atoms with Gasteiger partial charge in [-0.05, 0) is 26.0 Å². The highest BCUT2D eigenvalue weighted by molar-refractivity contribution is 7.92. The monoisotopic (exact) mass is 384 g/mol. The molecule has 0 aliphatic carbocycles. The molecule has 0 aliphatic heterocycles. The maximum Gasteiger partial charge on any atom is 0.273 e. The lowest BCUT2D eigenvalue weighted by Crippen LogP contribution is -2.31. The van der Waals surface area contributed by atoms with Crippen LogP contribution >= 0.6 is 11.3 Å². The van der Waals surface area contributed by atoms with E-state index in [0.29, 0.717) is 16.1 Å². The third-order valence-electron chi connectivity index (χ3n) is 3.66. The van der Waals surface area contributed by atoms with E-state index in [1.165, 1.54) is 13.0 Å². The van der Waals surface area contributed by atoms with E-state index in [2.05, 4.69) is 15.1 Å². The van der Waals surface area contributed by atoms with Gasteiger partial charge in [0.25, 0.3) is 10.0 Å². The van der Waals surface area contributed by atoms with E-state index in [-0.39, 0.29) is 23.1 Å². The Morgan fingerprint density at radius 2 is 1.96 bits per heavy atom. The fourth-order valence-corrected chi connectivity index (χ4v) is 4.56. The van der Waals surface area contributed by atoms with Crippen LogP contribution in [0.15, 0.2) is 16.3 Å². The number of carbonyl (C=O) groups excluding carboxylic acids is 2. The molecule has 0 atom stereocenters. The Balaban J connectivity index is 2.07. The van der Waals surface area contributed by atoms with Crippen LogP contribution in [0.3, 0.4) is 0 Å². The van der Waals surface area contributed by atoms with Crippen LogP contribution in [0.5, 0.6) is 0 Å². The van der Waals surface area contributed by atoms with Gasteiger partial charge in [-0.25, -0.2) is 13.1 Å². The number of amides is 2. The summed E-state index contributed by atoms with van der Waals surface area (Å²) in [5.74, 6) is -0.815. The molecule has 2 heterocycles. The zero-order valence-corrected chi connectivity index (χ0v) is 16.0. The summed E-state index contributed by atoms with van der Waals surface area (Å²) < 4.78 is 28.4. The number of hydrogen-bond acceptors (Lipinski definition) is 6. The minimum atomic E-state index is -3.94.